The second kappa shape index (κ2) is 10.6. The summed E-state index contributed by atoms with van der Waals surface area (Å²) in [6.07, 6.45) is 0.474. The van der Waals surface area contributed by atoms with E-state index in [-0.39, 0.29) is 31.3 Å². The number of carbonyl (C=O) groups excluding carboxylic acids is 3. The van der Waals surface area contributed by atoms with Crippen LogP contribution in [0.2, 0.25) is 0 Å². The average Bonchev–Trinajstić information content (AvgIpc) is 3.65. The maximum absolute atomic E-state index is 12.8. The van der Waals surface area contributed by atoms with E-state index < -0.39 is 36.0 Å². The van der Waals surface area contributed by atoms with Gasteiger partial charge in [0.15, 0.2) is 0 Å². The van der Waals surface area contributed by atoms with Gasteiger partial charge in [-0.2, -0.15) is 0 Å². The Morgan fingerprint density at radius 2 is 1.57 bits per heavy atom. The van der Waals surface area contributed by atoms with E-state index in [1.165, 1.54) is 7.11 Å². The van der Waals surface area contributed by atoms with E-state index in [1.807, 2.05) is 48.5 Å². The molecule has 0 spiro atoms. The highest BCUT2D eigenvalue weighted by molar-refractivity contribution is 5.90. The van der Waals surface area contributed by atoms with Crippen LogP contribution in [0.3, 0.4) is 0 Å². The standard InChI is InChI=1S/C26H28N2O7/c1-34-22(29)13-12-21(25(31)32)27-24(30)23(15-10-11-15)28-26(33)35-14-20-18-8-4-2-6-16(18)17-7-3-5-9-19(17)20/h2-9,15,20-21,23H,10-14H2,1H3,(H,27,30)(H,28,33)(H,31,32). The molecule has 2 amide bonds. The lowest BCUT2D eigenvalue weighted by molar-refractivity contribution is -0.144. The Kier molecular flexibility index (Phi) is 7.33. The van der Waals surface area contributed by atoms with Crippen molar-refractivity contribution in [2.75, 3.05) is 13.7 Å². The third kappa shape index (κ3) is 5.62. The molecule has 2 atom stereocenters. The number of amides is 2. The first-order valence-electron chi connectivity index (χ1n) is 11.6. The normalized spacial score (nSPS) is 15.8. The molecule has 9 nitrogen and oxygen atoms in total. The quantitative estimate of drug-likeness (QED) is 0.446. The summed E-state index contributed by atoms with van der Waals surface area (Å²) in [5.74, 6) is -2.65. The number of esters is 1. The number of ether oxygens (including phenoxy) is 2. The third-order valence-electron chi connectivity index (χ3n) is 6.47. The van der Waals surface area contributed by atoms with Crippen molar-refractivity contribution in [1.29, 1.82) is 0 Å². The van der Waals surface area contributed by atoms with Crippen LogP contribution in [-0.2, 0) is 23.9 Å². The Morgan fingerprint density at radius 3 is 2.11 bits per heavy atom. The molecule has 2 aliphatic rings. The van der Waals surface area contributed by atoms with Gasteiger partial charge in [0.2, 0.25) is 5.91 Å². The van der Waals surface area contributed by atoms with Gasteiger partial charge in [-0.25, -0.2) is 9.59 Å². The molecule has 2 aliphatic carbocycles. The lowest BCUT2D eigenvalue weighted by Gasteiger charge is -2.21. The molecule has 9 heteroatoms. The van der Waals surface area contributed by atoms with Gasteiger partial charge < -0.3 is 25.2 Å². The second-order valence-electron chi connectivity index (χ2n) is 8.80. The first kappa shape index (κ1) is 24.3. The van der Waals surface area contributed by atoms with Crippen LogP contribution in [0.25, 0.3) is 11.1 Å². The number of rotatable bonds is 10. The molecule has 0 bridgehead atoms. The predicted molar refractivity (Wildman–Crippen MR) is 126 cm³/mol. The molecule has 0 saturated heterocycles. The average molecular weight is 481 g/mol. The molecule has 0 radical (unpaired) electrons. The zero-order valence-electron chi connectivity index (χ0n) is 19.4. The minimum atomic E-state index is -1.27. The fraction of sp³-hybridized carbons (Fsp3) is 0.385. The summed E-state index contributed by atoms with van der Waals surface area (Å²) in [5, 5.41) is 14.5. The van der Waals surface area contributed by atoms with Crippen molar-refractivity contribution in [3.05, 3.63) is 59.7 Å². The molecule has 1 fully saturated rings. The molecule has 184 valence electrons. The summed E-state index contributed by atoms with van der Waals surface area (Å²) in [6.45, 7) is 0.107. The van der Waals surface area contributed by atoms with E-state index in [0.29, 0.717) is 0 Å². The van der Waals surface area contributed by atoms with Crippen LogP contribution in [-0.4, -0.2) is 54.8 Å². The van der Waals surface area contributed by atoms with Crippen LogP contribution in [0.15, 0.2) is 48.5 Å². The Balaban J connectivity index is 1.37. The summed E-state index contributed by atoms with van der Waals surface area (Å²) in [5.41, 5.74) is 4.37. The summed E-state index contributed by atoms with van der Waals surface area (Å²) in [6, 6.07) is 13.8. The molecule has 0 aliphatic heterocycles. The summed E-state index contributed by atoms with van der Waals surface area (Å²) < 4.78 is 10.1. The van der Waals surface area contributed by atoms with Crippen molar-refractivity contribution in [2.45, 2.75) is 43.7 Å². The van der Waals surface area contributed by atoms with Gasteiger partial charge in [0.25, 0.3) is 0 Å². The Morgan fingerprint density at radius 1 is 0.971 bits per heavy atom. The first-order valence-corrected chi connectivity index (χ1v) is 11.6. The topological polar surface area (TPSA) is 131 Å². The zero-order chi connectivity index (χ0) is 24.9. The van der Waals surface area contributed by atoms with E-state index in [4.69, 9.17) is 4.74 Å². The van der Waals surface area contributed by atoms with Gasteiger partial charge in [0.1, 0.15) is 18.7 Å². The van der Waals surface area contributed by atoms with E-state index in [2.05, 4.69) is 15.4 Å². The summed E-state index contributed by atoms with van der Waals surface area (Å²) in [7, 11) is 1.21. The van der Waals surface area contributed by atoms with E-state index in [1.54, 1.807) is 0 Å². The Hall–Kier alpha value is -3.88. The van der Waals surface area contributed by atoms with Crippen molar-refractivity contribution in [1.82, 2.24) is 10.6 Å². The van der Waals surface area contributed by atoms with Gasteiger partial charge in [0.05, 0.1) is 7.11 Å². The van der Waals surface area contributed by atoms with E-state index in [0.717, 1.165) is 35.1 Å². The maximum atomic E-state index is 12.8. The number of carboxylic acids is 1. The maximum Gasteiger partial charge on any atom is 0.407 e. The number of benzene rings is 2. The number of fused-ring (bicyclic) bond motifs is 3. The van der Waals surface area contributed by atoms with Gasteiger partial charge in [-0.3, -0.25) is 9.59 Å². The van der Waals surface area contributed by atoms with Crippen LogP contribution >= 0.6 is 0 Å². The van der Waals surface area contributed by atoms with Crippen LogP contribution in [0.4, 0.5) is 4.79 Å². The number of methoxy groups -OCH3 is 1. The molecule has 35 heavy (non-hydrogen) atoms. The van der Waals surface area contributed by atoms with Gasteiger partial charge >= 0.3 is 18.0 Å². The first-order chi connectivity index (χ1) is 16.9. The molecule has 3 N–H and O–H groups in total. The molecule has 2 aromatic carbocycles. The number of alkyl carbamates (subject to hydrolysis) is 1. The fourth-order valence-electron chi connectivity index (χ4n) is 4.48. The van der Waals surface area contributed by atoms with E-state index >= 15 is 0 Å². The number of hydrogen-bond acceptors (Lipinski definition) is 6. The largest absolute Gasteiger partial charge is 0.480 e. The minimum Gasteiger partial charge on any atom is -0.480 e. The fourth-order valence-corrected chi connectivity index (χ4v) is 4.48. The molecule has 0 heterocycles. The highest BCUT2D eigenvalue weighted by atomic mass is 16.5. The van der Waals surface area contributed by atoms with E-state index in [9.17, 15) is 24.3 Å². The molecule has 4 rings (SSSR count). The van der Waals surface area contributed by atoms with Crippen molar-refractivity contribution in [2.24, 2.45) is 5.92 Å². The second-order valence-corrected chi connectivity index (χ2v) is 8.80. The predicted octanol–water partition coefficient (Wildman–Crippen LogP) is 2.83. The Labute approximate surface area is 202 Å². The summed E-state index contributed by atoms with van der Waals surface area (Å²) in [4.78, 5) is 48.4. The number of carboxylic acid groups (broad SMARTS) is 1. The lowest BCUT2D eigenvalue weighted by atomic mass is 9.98. The van der Waals surface area contributed by atoms with Crippen LogP contribution in [0.5, 0.6) is 0 Å². The smallest absolute Gasteiger partial charge is 0.407 e. The van der Waals surface area contributed by atoms with Crippen LogP contribution < -0.4 is 10.6 Å². The highest BCUT2D eigenvalue weighted by Crippen LogP contribution is 2.44. The van der Waals surface area contributed by atoms with Crippen LogP contribution in [0.1, 0.15) is 42.7 Å². The van der Waals surface area contributed by atoms with Crippen molar-refractivity contribution < 1.29 is 33.8 Å². The molecule has 0 aromatic heterocycles. The molecule has 1 saturated carbocycles. The van der Waals surface area contributed by atoms with Gasteiger partial charge in [-0.1, -0.05) is 48.5 Å². The number of aliphatic carboxylic acids is 1. The Bertz CT molecular complexity index is 1080. The monoisotopic (exact) mass is 480 g/mol. The zero-order valence-corrected chi connectivity index (χ0v) is 19.4. The molecular formula is C26H28N2O7. The SMILES string of the molecule is COC(=O)CCC(NC(=O)C(NC(=O)OCC1c2ccccc2-c2ccccc21)C1CC1)C(=O)O. The van der Waals surface area contributed by atoms with Crippen molar-refractivity contribution >= 4 is 23.9 Å². The van der Waals surface area contributed by atoms with Gasteiger partial charge in [-0.05, 0) is 47.4 Å². The number of carbonyl (C=O) groups is 4. The van der Waals surface area contributed by atoms with Crippen LogP contribution in [0, 0.1) is 5.92 Å². The highest BCUT2D eigenvalue weighted by Gasteiger charge is 2.39. The lowest BCUT2D eigenvalue weighted by Crippen LogP contribution is -2.52. The minimum absolute atomic E-state index is 0.0921. The van der Waals surface area contributed by atoms with Gasteiger partial charge in [-0.15, -0.1) is 0 Å². The van der Waals surface area contributed by atoms with Gasteiger partial charge in [0, 0.05) is 12.3 Å². The molecule has 2 aromatic rings. The molecule has 2 unspecified atom stereocenters. The van der Waals surface area contributed by atoms with Crippen molar-refractivity contribution in [3.63, 3.8) is 0 Å². The third-order valence-corrected chi connectivity index (χ3v) is 6.47. The number of nitrogens with one attached hydrogen (secondary N) is 2. The molecular weight excluding hydrogens is 452 g/mol. The van der Waals surface area contributed by atoms with Crippen molar-refractivity contribution in [3.8, 4) is 11.1 Å². The summed E-state index contributed by atoms with van der Waals surface area (Å²) >= 11 is 0. The number of hydrogen-bond donors (Lipinski definition) is 3.